The van der Waals surface area contributed by atoms with Gasteiger partial charge >= 0.3 is 0 Å². The molecule has 328 valence electrons. The summed E-state index contributed by atoms with van der Waals surface area (Å²) >= 11 is 0. The van der Waals surface area contributed by atoms with E-state index in [0.29, 0.717) is 55.8 Å². The molecule has 62 heavy (non-hydrogen) atoms. The minimum Gasteiger partial charge on any atom is -0.508 e. The number of phenols is 1. The number of pyridine rings is 1. The van der Waals surface area contributed by atoms with Crippen molar-refractivity contribution in [3.8, 4) is 5.75 Å². The fraction of sp³-hybridized carbons (Fsp3) is 0.471. The molecule has 1 aromatic heterocycles. The summed E-state index contributed by atoms with van der Waals surface area (Å²) in [5, 5.41) is 12.7. The molecule has 1 unspecified atom stereocenters. The number of allylic oxidation sites excluding steroid dienone is 5. The molecule has 11 heteroatoms. The average molecular weight is 841 g/mol. The summed E-state index contributed by atoms with van der Waals surface area (Å²) in [6.45, 7) is 9.88. The number of benzene rings is 2. The van der Waals surface area contributed by atoms with Crippen LogP contribution in [0.1, 0.15) is 112 Å². The fourth-order valence-corrected chi connectivity index (χ4v) is 10.4. The van der Waals surface area contributed by atoms with Crippen LogP contribution in [0, 0.1) is 11.3 Å². The highest BCUT2D eigenvalue weighted by atomic mass is 16.3. The van der Waals surface area contributed by atoms with Gasteiger partial charge in [-0.05, 0) is 160 Å². The van der Waals surface area contributed by atoms with Gasteiger partial charge in [0.05, 0.1) is 24.0 Å². The molecule has 0 radical (unpaired) electrons. The Labute approximate surface area is 367 Å². The van der Waals surface area contributed by atoms with Crippen LogP contribution in [0.25, 0.3) is 0 Å². The lowest BCUT2D eigenvalue weighted by Crippen LogP contribution is -2.47. The number of likely N-dealkylation sites (N-methyl/N-ethyl adjacent to an activating group) is 2. The van der Waals surface area contributed by atoms with E-state index in [1.54, 1.807) is 25.3 Å². The Bertz CT molecular complexity index is 2160. The number of rotatable bonds is 12. The van der Waals surface area contributed by atoms with Gasteiger partial charge in [0, 0.05) is 57.4 Å². The topological polar surface area (TPSA) is 126 Å². The van der Waals surface area contributed by atoms with Gasteiger partial charge in [0.15, 0.2) is 6.29 Å². The number of amides is 2. The molecule has 2 saturated heterocycles. The first-order valence-electron chi connectivity index (χ1n) is 22.5. The van der Waals surface area contributed by atoms with Crippen LogP contribution in [-0.2, 0) is 29.1 Å². The number of anilines is 1. The van der Waals surface area contributed by atoms with Crippen molar-refractivity contribution in [3.05, 3.63) is 124 Å². The third-order valence-corrected chi connectivity index (χ3v) is 14.2. The third-order valence-electron chi connectivity index (χ3n) is 14.2. The number of aromatic nitrogens is 1. The van der Waals surface area contributed by atoms with Crippen molar-refractivity contribution in [1.29, 1.82) is 0 Å². The SMILES string of the molecule is C=CCCC(C(=O)NC)N(C)C(=O)c1cc2c(cc1C=O)CN(CC=O)C2.CN1CCC2(CC1)CCN(c1ccc([C@@H]3c4ccc(O)cc4CC[C@@H]3C3=CCCC=C3)nc1)CC2. The van der Waals surface area contributed by atoms with Crippen LogP contribution in [0.2, 0.25) is 0 Å². The summed E-state index contributed by atoms with van der Waals surface area (Å²) in [5.41, 5.74) is 9.49. The second-order valence-electron chi connectivity index (χ2n) is 18.0. The van der Waals surface area contributed by atoms with E-state index in [1.165, 1.54) is 73.1 Å². The van der Waals surface area contributed by atoms with Crippen molar-refractivity contribution in [2.24, 2.45) is 11.3 Å². The quantitative estimate of drug-likeness (QED) is 0.144. The van der Waals surface area contributed by atoms with Crippen LogP contribution in [-0.4, -0.2) is 109 Å². The zero-order valence-electron chi connectivity index (χ0n) is 36.9. The predicted octanol–water partition coefficient (Wildman–Crippen LogP) is 7.24. The first-order chi connectivity index (χ1) is 30.1. The Morgan fingerprint density at radius 2 is 1.74 bits per heavy atom. The number of phenolic OH excluding ortho intramolecular Hbond substituents is 1. The molecule has 3 aliphatic heterocycles. The van der Waals surface area contributed by atoms with E-state index < -0.39 is 6.04 Å². The number of piperidine rings is 2. The minimum absolute atomic E-state index is 0.242. The molecule has 0 bridgehead atoms. The van der Waals surface area contributed by atoms with Crippen LogP contribution in [0.15, 0.2) is 85.1 Å². The molecule has 2 aromatic carbocycles. The van der Waals surface area contributed by atoms with Crippen molar-refractivity contribution in [3.63, 3.8) is 0 Å². The number of carbonyl (C=O) groups excluding carboxylic acids is 4. The highest BCUT2D eigenvalue weighted by Gasteiger charge is 2.38. The summed E-state index contributed by atoms with van der Waals surface area (Å²) in [6.07, 6.45) is 23.2. The minimum atomic E-state index is -0.653. The molecule has 11 nitrogen and oxygen atoms in total. The zero-order chi connectivity index (χ0) is 43.8. The van der Waals surface area contributed by atoms with Crippen molar-refractivity contribution < 1.29 is 24.3 Å². The molecule has 3 atom stereocenters. The maximum Gasteiger partial charge on any atom is 0.255 e. The monoisotopic (exact) mass is 840 g/mol. The van der Waals surface area contributed by atoms with E-state index in [0.717, 1.165) is 61.9 Å². The molecule has 4 heterocycles. The Hall–Kier alpha value is -5.39. The number of likely N-dealkylation sites (tertiary alicyclic amines) is 1. The van der Waals surface area contributed by atoms with Gasteiger partial charge in [0.25, 0.3) is 5.91 Å². The number of hydrogen-bond donors (Lipinski definition) is 2. The molecular formula is C51H64N6O5. The molecular weight excluding hydrogens is 777 g/mol. The summed E-state index contributed by atoms with van der Waals surface area (Å²) in [4.78, 5) is 61.0. The molecule has 1 spiro atoms. The Balaban J connectivity index is 0.000000194. The maximum atomic E-state index is 13.0. The second-order valence-corrected chi connectivity index (χ2v) is 18.0. The number of nitrogens with zero attached hydrogens (tertiary/aromatic N) is 5. The standard InChI is InChI=1S/C31H39N3O.C20H25N3O4/c1-33-17-13-31(14-18-33)15-19-34(20-16-31)25-8-12-29(32-22-25)30-27(23-5-3-2-4-6-23)10-7-24-21-26(35)9-11-28(24)30;1-4-5-6-18(19(26)21-2)22(3)20(27)17-10-15-12-23(7-8-24)11-14(15)9-16(17)13-25/h3,5-6,8-9,11-12,21-22,27,30,35H,2,4,7,10,13-20H2,1H3;4,8-10,13,18H,1,5-7,11-12H2,2-3H3,(H,21,26)/t27-,30+;/m1./s1. The maximum absolute atomic E-state index is 13.0. The number of aromatic hydroxyl groups is 1. The Kier molecular flexibility index (Phi) is 14.6. The molecule has 5 aliphatic rings. The van der Waals surface area contributed by atoms with Crippen LogP contribution in [0.4, 0.5) is 5.69 Å². The Morgan fingerprint density at radius 1 is 1.00 bits per heavy atom. The number of fused-ring (bicyclic) bond motifs is 2. The summed E-state index contributed by atoms with van der Waals surface area (Å²) in [7, 11) is 5.34. The van der Waals surface area contributed by atoms with Gasteiger partial charge in [-0.25, -0.2) is 0 Å². The number of nitrogens with one attached hydrogen (secondary N) is 1. The zero-order valence-corrected chi connectivity index (χ0v) is 36.9. The number of aldehydes is 2. The fourth-order valence-electron chi connectivity index (χ4n) is 10.4. The van der Waals surface area contributed by atoms with E-state index in [2.05, 4.69) is 71.4 Å². The van der Waals surface area contributed by atoms with E-state index in [4.69, 9.17) is 4.98 Å². The van der Waals surface area contributed by atoms with Crippen molar-refractivity contribution in [2.45, 2.75) is 89.3 Å². The average Bonchev–Trinajstić information content (AvgIpc) is 3.71. The number of aryl methyl sites for hydroxylation is 1. The van der Waals surface area contributed by atoms with Gasteiger partial charge in [-0.15, -0.1) is 6.58 Å². The van der Waals surface area contributed by atoms with Gasteiger partial charge in [-0.3, -0.25) is 24.3 Å². The predicted molar refractivity (Wildman–Crippen MR) is 244 cm³/mol. The van der Waals surface area contributed by atoms with Crippen LogP contribution < -0.4 is 10.2 Å². The first-order valence-corrected chi connectivity index (χ1v) is 22.5. The van der Waals surface area contributed by atoms with E-state index >= 15 is 0 Å². The molecule has 2 amide bonds. The molecule has 2 aliphatic carbocycles. The molecule has 2 fully saturated rings. The lowest BCUT2D eigenvalue weighted by molar-refractivity contribution is -0.125. The van der Waals surface area contributed by atoms with Gasteiger partial charge in [0.1, 0.15) is 18.1 Å². The van der Waals surface area contributed by atoms with Gasteiger partial charge in [0.2, 0.25) is 5.91 Å². The molecule has 0 saturated carbocycles. The molecule has 2 N–H and O–H groups in total. The van der Waals surface area contributed by atoms with Crippen molar-refractivity contribution in [2.75, 3.05) is 58.8 Å². The summed E-state index contributed by atoms with van der Waals surface area (Å²) < 4.78 is 0. The number of hydrogen-bond acceptors (Lipinski definition) is 9. The van der Waals surface area contributed by atoms with Crippen LogP contribution >= 0.6 is 0 Å². The van der Waals surface area contributed by atoms with E-state index in [1.807, 2.05) is 17.0 Å². The lowest BCUT2D eigenvalue weighted by atomic mass is 9.69. The van der Waals surface area contributed by atoms with Gasteiger partial charge in [-0.1, -0.05) is 30.4 Å². The highest BCUT2D eigenvalue weighted by Crippen LogP contribution is 2.46. The summed E-state index contributed by atoms with van der Waals surface area (Å²) in [6, 6.07) is 13.3. The van der Waals surface area contributed by atoms with Crippen LogP contribution in [0.5, 0.6) is 5.75 Å². The Morgan fingerprint density at radius 3 is 2.39 bits per heavy atom. The van der Waals surface area contributed by atoms with Gasteiger partial charge < -0.3 is 29.9 Å². The summed E-state index contributed by atoms with van der Waals surface area (Å²) in [5.74, 6) is 0.408. The number of carbonyl (C=O) groups is 4. The molecule has 8 rings (SSSR count). The van der Waals surface area contributed by atoms with E-state index in [9.17, 15) is 24.3 Å². The third kappa shape index (κ3) is 9.95. The largest absolute Gasteiger partial charge is 0.508 e. The normalized spacial score (nSPS) is 21.1. The van der Waals surface area contributed by atoms with Crippen LogP contribution in [0.3, 0.4) is 0 Å². The smallest absolute Gasteiger partial charge is 0.255 e. The van der Waals surface area contributed by atoms with E-state index in [-0.39, 0.29) is 28.9 Å². The second kappa shape index (κ2) is 20.2. The molecule has 3 aromatic rings. The first kappa shape index (κ1) is 44.7. The van der Waals surface area contributed by atoms with Gasteiger partial charge in [-0.2, -0.15) is 0 Å². The lowest BCUT2D eigenvalue weighted by Gasteiger charge is -2.46. The van der Waals surface area contributed by atoms with Crippen molar-refractivity contribution >= 4 is 30.1 Å². The van der Waals surface area contributed by atoms with Crippen molar-refractivity contribution in [1.82, 2.24) is 25.0 Å². The highest BCUT2D eigenvalue weighted by molar-refractivity contribution is 6.03.